The number of halogens is 1. The normalized spacial score (nSPS) is 9.91. The average molecular weight is 327 g/mol. The van der Waals surface area contributed by atoms with Crippen LogP contribution >= 0.6 is 11.6 Å². The fourth-order valence-electron chi connectivity index (χ4n) is 1.55. The summed E-state index contributed by atoms with van der Waals surface area (Å²) >= 11 is 5.75. The maximum absolute atomic E-state index is 11.7. The van der Waals surface area contributed by atoms with Crippen molar-refractivity contribution in [3.63, 3.8) is 0 Å². The van der Waals surface area contributed by atoms with E-state index < -0.39 is 5.91 Å². The van der Waals surface area contributed by atoms with Crippen LogP contribution < -0.4 is 21.7 Å². The van der Waals surface area contributed by atoms with Crippen molar-refractivity contribution in [2.75, 3.05) is 25.0 Å². The Morgan fingerprint density at radius 3 is 2.32 bits per heavy atom. The molecular weight excluding hydrogens is 308 g/mol. The summed E-state index contributed by atoms with van der Waals surface area (Å²) in [5, 5.41) is 8.27. The Morgan fingerprint density at radius 2 is 1.68 bits per heavy atom. The highest BCUT2D eigenvalue weighted by Gasteiger charge is 2.05. The minimum atomic E-state index is -0.391. The molecular formula is C14H19ClN4O3. The predicted molar refractivity (Wildman–Crippen MR) is 84.4 cm³/mol. The topological polar surface area (TPSA) is 113 Å². The number of anilines is 1. The van der Waals surface area contributed by atoms with Crippen LogP contribution in [0.2, 0.25) is 5.02 Å². The number of nitrogens with two attached hydrogens (primary N) is 1. The van der Waals surface area contributed by atoms with Crippen LogP contribution in [0.3, 0.4) is 0 Å². The Labute approximate surface area is 133 Å². The van der Waals surface area contributed by atoms with Crippen molar-refractivity contribution < 1.29 is 14.4 Å². The summed E-state index contributed by atoms with van der Waals surface area (Å²) in [6, 6.07) is 6.80. The van der Waals surface area contributed by atoms with Crippen molar-refractivity contribution in [3.8, 4) is 0 Å². The maximum Gasteiger partial charge on any atom is 0.239 e. The lowest BCUT2D eigenvalue weighted by atomic mass is 10.2. The Kier molecular flexibility index (Phi) is 7.95. The van der Waals surface area contributed by atoms with Crippen LogP contribution in [-0.4, -0.2) is 37.4 Å². The zero-order valence-corrected chi connectivity index (χ0v) is 12.8. The van der Waals surface area contributed by atoms with E-state index in [-0.39, 0.29) is 31.3 Å². The molecule has 0 aliphatic carbocycles. The second-order valence-corrected chi connectivity index (χ2v) is 4.93. The quantitative estimate of drug-likeness (QED) is 0.513. The third kappa shape index (κ3) is 7.61. The van der Waals surface area contributed by atoms with Crippen molar-refractivity contribution in [2.24, 2.45) is 5.73 Å². The molecule has 0 radical (unpaired) electrons. The second kappa shape index (κ2) is 9.75. The molecule has 5 N–H and O–H groups in total. The maximum atomic E-state index is 11.7. The van der Waals surface area contributed by atoms with Gasteiger partial charge in [0.25, 0.3) is 0 Å². The minimum absolute atomic E-state index is 0.118. The van der Waals surface area contributed by atoms with Gasteiger partial charge in [0.05, 0.1) is 13.1 Å². The van der Waals surface area contributed by atoms with Gasteiger partial charge >= 0.3 is 0 Å². The fourth-order valence-corrected chi connectivity index (χ4v) is 1.67. The van der Waals surface area contributed by atoms with Crippen LogP contribution in [0.5, 0.6) is 0 Å². The van der Waals surface area contributed by atoms with Gasteiger partial charge in [-0.1, -0.05) is 11.6 Å². The van der Waals surface area contributed by atoms with Crippen molar-refractivity contribution in [1.82, 2.24) is 10.6 Å². The van der Waals surface area contributed by atoms with Crippen molar-refractivity contribution in [2.45, 2.75) is 12.8 Å². The highest BCUT2D eigenvalue weighted by atomic mass is 35.5. The van der Waals surface area contributed by atoms with Gasteiger partial charge in [-0.25, -0.2) is 0 Å². The Bertz CT molecular complexity index is 519. The molecule has 3 amide bonds. The number of hydrogen-bond donors (Lipinski definition) is 4. The number of carbonyl (C=O) groups is 3. The van der Waals surface area contributed by atoms with Crippen molar-refractivity contribution >= 4 is 35.0 Å². The van der Waals surface area contributed by atoms with Crippen LogP contribution in [0.15, 0.2) is 24.3 Å². The van der Waals surface area contributed by atoms with Crippen LogP contribution in [0.4, 0.5) is 5.69 Å². The lowest BCUT2D eigenvalue weighted by Crippen LogP contribution is -2.39. The van der Waals surface area contributed by atoms with E-state index in [1.807, 2.05) is 0 Å². The largest absolute Gasteiger partial charge is 0.355 e. The zero-order chi connectivity index (χ0) is 16.4. The average Bonchev–Trinajstić information content (AvgIpc) is 2.51. The van der Waals surface area contributed by atoms with Gasteiger partial charge in [0.1, 0.15) is 0 Å². The van der Waals surface area contributed by atoms with Gasteiger partial charge in [0, 0.05) is 23.7 Å². The van der Waals surface area contributed by atoms with Gasteiger partial charge in [-0.2, -0.15) is 0 Å². The van der Waals surface area contributed by atoms with E-state index in [2.05, 4.69) is 16.0 Å². The number of nitrogens with one attached hydrogen (secondary N) is 3. The first-order valence-electron chi connectivity index (χ1n) is 6.80. The molecule has 0 aromatic heterocycles. The third-order valence-electron chi connectivity index (χ3n) is 2.66. The summed E-state index contributed by atoms with van der Waals surface area (Å²) in [4.78, 5) is 33.9. The first-order valence-corrected chi connectivity index (χ1v) is 7.18. The van der Waals surface area contributed by atoms with Gasteiger partial charge in [0.15, 0.2) is 0 Å². The monoisotopic (exact) mass is 326 g/mol. The molecule has 0 saturated carbocycles. The summed E-state index contributed by atoms with van der Waals surface area (Å²) in [5.41, 5.74) is 5.76. The summed E-state index contributed by atoms with van der Waals surface area (Å²) in [6.07, 6.45) is 0.772. The van der Waals surface area contributed by atoms with Gasteiger partial charge in [-0.3, -0.25) is 14.4 Å². The molecule has 7 nitrogen and oxygen atoms in total. The molecule has 0 bridgehead atoms. The van der Waals surface area contributed by atoms with Gasteiger partial charge in [0.2, 0.25) is 17.7 Å². The third-order valence-corrected chi connectivity index (χ3v) is 2.91. The Balaban J connectivity index is 2.13. The standard InChI is InChI=1S/C14H19ClN4O3/c15-10-3-5-11(6-4-10)19-12(20)2-1-7-17-14(22)9-18-13(21)8-16/h3-6H,1-2,7-9,16H2,(H,17,22)(H,18,21)(H,19,20). The predicted octanol–water partition coefficient (Wildman–Crippen LogP) is 0.250. The van der Waals surface area contributed by atoms with Crippen LogP contribution in [0.1, 0.15) is 12.8 Å². The molecule has 120 valence electrons. The molecule has 1 rings (SSSR count). The minimum Gasteiger partial charge on any atom is -0.355 e. The molecule has 0 spiro atoms. The molecule has 0 fully saturated rings. The summed E-state index contributed by atoms with van der Waals surface area (Å²) < 4.78 is 0. The van der Waals surface area contributed by atoms with E-state index in [0.717, 1.165) is 0 Å². The number of amides is 3. The molecule has 1 aromatic carbocycles. The molecule has 1 aromatic rings. The summed E-state index contributed by atoms with van der Waals surface area (Å²) in [5.74, 6) is -0.856. The number of benzene rings is 1. The van der Waals surface area contributed by atoms with Crippen LogP contribution in [-0.2, 0) is 14.4 Å². The highest BCUT2D eigenvalue weighted by molar-refractivity contribution is 6.30. The second-order valence-electron chi connectivity index (χ2n) is 4.49. The number of carbonyl (C=O) groups excluding carboxylic acids is 3. The molecule has 0 aliphatic rings. The Morgan fingerprint density at radius 1 is 1.00 bits per heavy atom. The van der Waals surface area contributed by atoms with E-state index in [9.17, 15) is 14.4 Å². The van der Waals surface area contributed by atoms with E-state index in [1.165, 1.54) is 0 Å². The van der Waals surface area contributed by atoms with E-state index in [0.29, 0.717) is 23.7 Å². The van der Waals surface area contributed by atoms with E-state index in [1.54, 1.807) is 24.3 Å². The first kappa shape index (κ1) is 17.9. The lowest BCUT2D eigenvalue weighted by Gasteiger charge is -2.07. The summed E-state index contributed by atoms with van der Waals surface area (Å²) in [7, 11) is 0. The molecule has 0 unspecified atom stereocenters. The Hall–Kier alpha value is -2.12. The molecule has 8 heteroatoms. The molecule has 0 saturated heterocycles. The van der Waals surface area contributed by atoms with Crippen LogP contribution in [0.25, 0.3) is 0 Å². The molecule has 0 atom stereocenters. The zero-order valence-electron chi connectivity index (χ0n) is 12.0. The number of hydrogen-bond acceptors (Lipinski definition) is 4. The van der Waals surface area contributed by atoms with Gasteiger partial charge in [-0.15, -0.1) is 0 Å². The van der Waals surface area contributed by atoms with Crippen molar-refractivity contribution in [1.29, 1.82) is 0 Å². The SMILES string of the molecule is NCC(=O)NCC(=O)NCCCC(=O)Nc1ccc(Cl)cc1. The number of rotatable bonds is 8. The lowest BCUT2D eigenvalue weighted by molar-refractivity contribution is -0.125. The van der Waals surface area contributed by atoms with E-state index in [4.69, 9.17) is 17.3 Å². The van der Waals surface area contributed by atoms with Gasteiger partial charge < -0.3 is 21.7 Å². The molecule has 0 heterocycles. The fraction of sp³-hybridized carbons (Fsp3) is 0.357. The van der Waals surface area contributed by atoms with Crippen molar-refractivity contribution in [3.05, 3.63) is 29.3 Å². The first-order chi connectivity index (χ1) is 10.5. The molecule has 22 heavy (non-hydrogen) atoms. The molecule has 0 aliphatic heterocycles. The van der Waals surface area contributed by atoms with Gasteiger partial charge in [-0.05, 0) is 30.7 Å². The smallest absolute Gasteiger partial charge is 0.239 e. The highest BCUT2D eigenvalue weighted by Crippen LogP contribution is 2.13. The van der Waals surface area contributed by atoms with E-state index >= 15 is 0 Å². The summed E-state index contributed by atoms with van der Waals surface area (Å²) in [6.45, 7) is 0.0799. The van der Waals surface area contributed by atoms with Crippen LogP contribution in [0, 0.1) is 0 Å².